The molecule has 6 heterocycles. The number of hydrogen-bond donors (Lipinski definition) is 1. The monoisotopic (exact) mass is 1930 g/mol. The van der Waals surface area contributed by atoms with Crippen molar-refractivity contribution in [2.24, 2.45) is 29.1 Å². The Morgan fingerprint density at radius 1 is 0.474 bits per heavy atom. The van der Waals surface area contributed by atoms with Crippen molar-refractivity contribution in [3.8, 4) is 46.5 Å². The van der Waals surface area contributed by atoms with E-state index in [4.69, 9.17) is 19.7 Å². The molecule has 740 valence electrons. The normalized spacial score (nSPS) is 15.5. The first kappa shape index (κ1) is 113. The van der Waals surface area contributed by atoms with E-state index >= 15 is 0 Å². The van der Waals surface area contributed by atoms with Gasteiger partial charge >= 0.3 is 0 Å². The summed E-state index contributed by atoms with van der Waals surface area (Å²) in [5, 5.41) is 46.6. The van der Waals surface area contributed by atoms with E-state index in [0.717, 1.165) is 159 Å². The summed E-state index contributed by atoms with van der Waals surface area (Å²) < 4.78 is 5.70. The number of nitrogens with zero attached hydrogens (tertiary/aromatic N) is 14. The number of benzene rings is 3. The molecular formula is C110H152N14O10S3. The number of rotatable bonds is 47. The van der Waals surface area contributed by atoms with Crippen LogP contribution in [0.1, 0.15) is 323 Å². The molecule has 4 unspecified atom stereocenters. The number of amides is 8. The minimum Gasteiger partial charge on any atom is -0.496 e. The standard InChI is InChI=1S/C39H55N5O3S.C37H52N4O2S.C34H45N5O5S/c1-10-14-19-28(12-3)25-43(26-29(13-4)20-15-11-2)38-41-34(39(6,7)8)33(48-38)23-31-27(5)32(24-40)37(47)44(36(31)46)42(9)35(45)30-21-17-16-18-22-30;1-7-12-18-28(10-4)25-40(26-29(11-5)19-13-8-2)37-39-34(30-20-16-15-17-21-30)33(44-37)23-31-27(6)32(24-38)36(43)41(35(31)42)22-14-9-3;1-9-12-17-37(18-13-10-2)33-36-29(28-23(21-40)15-14-16-26(28)44-8)27(45-33)19-24-22(4)25(20-35)31(42)39(30(24)41)38(11-3)32(43)34(5,6)7/h16-18,21-23,28-29H,10-15,19-20,25-26H2,1-9H3;15-17,20-21,23,28-29H,7-14,18-19,22,25-26H2,1-6H3;14-16,19,40H,9-13,17-18,21H2,1-8H3/b2*31-23-;24-19-. The Morgan fingerprint density at radius 3 is 1.28 bits per heavy atom. The zero-order valence-electron chi connectivity index (χ0n) is 86.1. The molecule has 1 N–H and O–H groups in total. The van der Waals surface area contributed by atoms with Crippen LogP contribution >= 0.6 is 34.0 Å². The first-order valence-electron chi connectivity index (χ1n) is 49.9. The maximum absolute atomic E-state index is 14.2. The van der Waals surface area contributed by atoms with Crippen molar-refractivity contribution < 1.29 is 48.2 Å². The second-order valence-electron chi connectivity index (χ2n) is 38.0. The minimum atomic E-state index is -0.881. The highest BCUT2D eigenvalue weighted by molar-refractivity contribution is 7.17. The maximum Gasteiger partial charge on any atom is 0.290 e. The first-order chi connectivity index (χ1) is 65.5. The van der Waals surface area contributed by atoms with E-state index < -0.39 is 46.8 Å². The van der Waals surface area contributed by atoms with Crippen LogP contribution in [0.4, 0.5) is 15.4 Å². The molecule has 0 saturated carbocycles. The quantitative estimate of drug-likeness (QED) is 0.0274. The lowest BCUT2D eigenvalue weighted by Crippen LogP contribution is -2.57. The van der Waals surface area contributed by atoms with Crippen LogP contribution in [0.15, 0.2) is 129 Å². The van der Waals surface area contributed by atoms with Gasteiger partial charge in [0.15, 0.2) is 15.4 Å². The Bertz CT molecular complexity index is 5380. The second-order valence-corrected chi connectivity index (χ2v) is 41.0. The molecule has 137 heavy (non-hydrogen) atoms. The smallest absolute Gasteiger partial charge is 0.290 e. The van der Waals surface area contributed by atoms with Crippen molar-refractivity contribution in [1.29, 1.82) is 15.8 Å². The van der Waals surface area contributed by atoms with E-state index in [-0.39, 0.29) is 57.9 Å². The van der Waals surface area contributed by atoms with Gasteiger partial charge in [0.2, 0.25) is 5.91 Å². The van der Waals surface area contributed by atoms with Crippen LogP contribution < -0.4 is 19.4 Å². The molecule has 0 spiro atoms. The molecule has 4 atom stereocenters. The molecule has 3 aromatic heterocycles. The van der Waals surface area contributed by atoms with Gasteiger partial charge in [-0.15, -0.1) is 0 Å². The summed E-state index contributed by atoms with van der Waals surface area (Å²) in [4.78, 5) is 135. The lowest BCUT2D eigenvalue weighted by atomic mass is 9.89. The highest BCUT2D eigenvalue weighted by atomic mass is 32.1. The number of hydrazine groups is 2. The Kier molecular flexibility index (Phi) is 45.3. The number of aliphatic hydroxyl groups excluding tert-OH is 1. The maximum atomic E-state index is 14.2. The number of anilines is 3. The molecule has 3 aliphatic heterocycles. The number of ether oxygens (including phenoxy) is 1. The largest absolute Gasteiger partial charge is 0.496 e. The van der Waals surface area contributed by atoms with Crippen molar-refractivity contribution in [2.75, 3.05) is 81.2 Å². The van der Waals surface area contributed by atoms with Gasteiger partial charge in [-0.3, -0.25) is 43.3 Å². The third-order valence-corrected chi connectivity index (χ3v) is 28.9. The lowest BCUT2D eigenvalue weighted by molar-refractivity contribution is -0.173. The number of carbonyl (C=O) groups is 8. The summed E-state index contributed by atoms with van der Waals surface area (Å²) in [5.41, 5.74) is 4.85. The van der Waals surface area contributed by atoms with Crippen LogP contribution in [0, 0.1) is 63.1 Å². The van der Waals surface area contributed by atoms with E-state index in [1.807, 2.05) is 43.3 Å². The first-order valence-corrected chi connectivity index (χ1v) is 52.4. The SMILES string of the molecule is CCCCC(CC)CN(CC(CC)CCCC)c1nc(-c2ccccc2)c(/C=C2\C(=O)N(CCCC)C(=O)C(C#N)=C2C)s1.CCCCC(CC)CN(CC(CC)CCCC)c1nc(C(C)(C)C)c(/C=C2\C(=O)N(N(C)C(=O)c3ccccc3)C(=O)C(C#N)=C2C)s1.CCCCN(CCCC)c1nc(-c2c(CO)cccc2OC)c(/C=C2\C(=O)N(N(CC)C(=O)C(C)(C)C)C(=O)C(C#N)=C2C)s1. The zero-order valence-corrected chi connectivity index (χ0v) is 88.5. The average Bonchev–Trinajstić information content (AvgIpc) is 1.73. The number of unbranched alkanes of at least 4 members (excludes halogenated alkanes) is 7. The summed E-state index contributed by atoms with van der Waals surface area (Å²) in [6, 6.07) is 30.0. The van der Waals surface area contributed by atoms with E-state index in [2.05, 4.69) is 123 Å². The lowest BCUT2D eigenvalue weighted by Gasteiger charge is -2.38. The molecule has 0 saturated heterocycles. The van der Waals surface area contributed by atoms with Crippen LogP contribution in [0.25, 0.3) is 40.7 Å². The molecule has 3 aliphatic rings. The number of carbonyl (C=O) groups excluding carboxylic acids is 8. The van der Waals surface area contributed by atoms with Crippen molar-refractivity contribution in [2.45, 2.75) is 299 Å². The molecular weight excluding hydrogens is 1770 g/mol. The van der Waals surface area contributed by atoms with Crippen LogP contribution in [0.5, 0.6) is 5.75 Å². The highest BCUT2D eigenvalue weighted by Crippen LogP contribution is 2.46. The van der Waals surface area contributed by atoms with Gasteiger partial charge in [0.25, 0.3) is 41.4 Å². The second kappa shape index (κ2) is 54.9. The van der Waals surface area contributed by atoms with Gasteiger partial charge in [-0.1, -0.05) is 309 Å². The van der Waals surface area contributed by atoms with Crippen molar-refractivity contribution >= 4 is 115 Å². The zero-order chi connectivity index (χ0) is 101. The minimum absolute atomic E-state index is 0.0444. The van der Waals surface area contributed by atoms with E-state index in [0.29, 0.717) is 86.4 Å². The van der Waals surface area contributed by atoms with Crippen LogP contribution in [-0.2, 0) is 45.6 Å². The molecule has 3 aromatic carbocycles. The Hall–Kier alpha value is -11.0. The van der Waals surface area contributed by atoms with E-state index in [1.165, 1.54) is 100 Å². The fourth-order valence-electron chi connectivity index (χ4n) is 17.0. The Balaban J connectivity index is 0.000000280. The van der Waals surface area contributed by atoms with Gasteiger partial charge in [0, 0.05) is 104 Å². The number of aromatic nitrogens is 3. The van der Waals surface area contributed by atoms with Crippen LogP contribution in [-0.4, -0.2) is 159 Å². The molecule has 0 bridgehead atoms. The molecule has 0 fully saturated rings. The van der Waals surface area contributed by atoms with E-state index in [1.54, 1.807) is 139 Å². The summed E-state index contributed by atoms with van der Waals surface area (Å²) >= 11 is 4.58. The Labute approximate surface area is 829 Å². The number of aliphatic hydroxyl groups is 1. The van der Waals surface area contributed by atoms with Crippen molar-refractivity contribution in [3.63, 3.8) is 0 Å². The van der Waals surface area contributed by atoms with Crippen LogP contribution in [0.2, 0.25) is 0 Å². The molecule has 0 radical (unpaired) electrons. The molecule has 9 rings (SSSR count). The fourth-order valence-corrected chi connectivity index (χ4v) is 20.4. The molecule has 27 heteroatoms. The van der Waals surface area contributed by atoms with Gasteiger partial charge in [-0.05, 0) is 155 Å². The summed E-state index contributed by atoms with van der Waals surface area (Å²) in [6.45, 7) is 48.0. The van der Waals surface area contributed by atoms with Gasteiger partial charge in [0.1, 0.15) is 40.7 Å². The van der Waals surface area contributed by atoms with Crippen molar-refractivity contribution in [1.82, 2.24) is 39.9 Å². The number of thiazole rings is 3. The number of hydrogen-bond acceptors (Lipinski definition) is 22. The third kappa shape index (κ3) is 29.1. The van der Waals surface area contributed by atoms with Gasteiger partial charge in [0.05, 0.1) is 45.4 Å². The highest BCUT2D eigenvalue weighted by Gasteiger charge is 2.45. The van der Waals surface area contributed by atoms with Gasteiger partial charge < -0.3 is 24.5 Å². The number of imide groups is 3. The molecule has 24 nitrogen and oxygen atoms in total. The van der Waals surface area contributed by atoms with Gasteiger partial charge in [-0.2, -0.15) is 25.8 Å². The summed E-state index contributed by atoms with van der Waals surface area (Å²) in [6.07, 6.45) is 29.7. The van der Waals surface area contributed by atoms with Gasteiger partial charge in [-0.25, -0.2) is 25.0 Å². The number of nitriles is 3. The average molecular weight is 1930 g/mol. The molecule has 0 aliphatic carbocycles. The summed E-state index contributed by atoms with van der Waals surface area (Å²) in [5.74, 6) is -1.97. The molecule has 8 amide bonds. The molecule has 6 aromatic rings. The topological polar surface area (TPSA) is 302 Å². The van der Waals surface area contributed by atoms with Crippen molar-refractivity contribution in [3.05, 3.63) is 160 Å². The van der Waals surface area contributed by atoms with E-state index in [9.17, 15) is 59.2 Å². The van der Waals surface area contributed by atoms with Crippen LogP contribution in [0.3, 0.4) is 0 Å². The Morgan fingerprint density at radius 2 is 0.869 bits per heavy atom. The number of methoxy groups -OCH3 is 1. The summed E-state index contributed by atoms with van der Waals surface area (Å²) in [7, 11) is 2.93. The third-order valence-electron chi connectivity index (χ3n) is 25.7. The predicted molar refractivity (Wildman–Crippen MR) is 558 cm³/mol. The fraction of sp³-hybridized carbons (Fsp3) is 0.545. The predicted octanol–water partition coefficient (Wildman–Crippen LogP) is 24.5.